The van der Waals surface area contributed by atoms with Crippen molar-refractivity contribution in [3.63, 3.8) is 0 Å². The summed E-state index contributed by atoms with van der Waals surface area (Å²) < 4.78 is 0. The molecule has 0 fully saturated rings. The third kappa shape index (κ3) is 7.74. The van der Waals surface area contributed by atoms with Crippen LogP contribution in [0.1, 0.15) is 35.5 Å². The molecule has 0 saturated heterocycles. The highest BCUT2D eigenvalue weighted by molar-refractivity contribution is 5.96. The number of hydrogen-bond acceptors (Lipinski definition) is 2. The van der Waals surface area contributed by atoms with Gasteiger partial charge < -0.3 is 10.6 Å². The van der Waals surface area contributed by atoms with Crippen LogP contribution in [-0.2, 0) is 4.79 Å². The maximum atomic E-state index is 11.9. The van der Waals surface area contributed by atoms with Crippen LogP contribution in [0.15, 0.2) is 48.1 Å². The third-order valence-electron chi connectivity index (χ3n) is 3.07. The molecule has 20 heavy (non-hydrogen) atoms. The van der Waals surface area contributed by atoms with Gasteiger partial charge in [0, 0.05) is 15.0 Å². The van der Waals surface area contributed by atoms with Gasteiger partial charge in [-0.25, -0.2) is 0 Å². The Bertz CT molecular complexity index is 401. The first-order valence-electron chi connectivity index (χ1n) is 7.55. The molecule has 114 valence electrons. The monoisotopic (exact) mass is 278 g/mol. The minimum absolute atomic E-state index is 0. The van der Waals surface area contributed by atoms with E-state index in [9.17, 15) is 4.79 Å². The van der Waals surface area contributed by atoms with Gasteiger partial charge in [0.15, 0.2) is 0 Å². The second-order valence-corrected chi connectivity index (χ2v) is 4.77. The fourth-order valence-corrected chi connectivity index (χ4v) is 1.93. The average molecular weight is 278 g/mol. The summed E-state index contributed by atoms with van der Waals surface area (Å²) in [6, 6.07) is 0. The van der Waals surface area contributed by atoms with Crippen molar-refractivity contribution in [1.29, 1.82) is 0 Å². The van der Waals surface area contributed by atoms with Crippen LogP contribution in [-0.4, -0.2) is 25.5 Å². The molecule has 1 rings (SSSR count). The number of unbranched alkanes of at least 4 members (excludes halogenated alkanes) is 3. The van der Waals surface area contributed by atoms with Gasteiger partial charge in [-0.3, -0.25) is 4.79 Å². The number of nitrogens with one attached hydrogen (secondary N) is 2. The van der Waals surface area contributed by atoms with Gasteiger partial charge >= 0.3 is 0 Å². The Morgan fingerprint density at radius 1 is 1.00 bits per heavy atom. The van der Waals surface area contributed by atoms with Crippen molar-refractivity contribution >= 4 is 5.91 Å². The molecule has 1 amide bonds. The van der Waals surface area contributed by atoms with E-state index in [2.05, 4.69) is 17.6 Å². The predicted octanol–water partition coefficient (Wildman–Crippen LogP) is 3.37. The van der Waals surface area contributed by atoms with Crippen molar-refractivity contribution in [1.82, 2.24) is 10.6 Å². The largest absolute Gasteiger partial charge is 0.352 e. The van der Waals surface area contributed by atoms with Gasteiger partial charge in [0.05, 0.1) is 0 Å². The summed E-state index contributed by atoms with van der Waals surface area (Å²) in [5.74, 6) is 0.00819. The maximum absolute atomic E-state index is 11.9. The number of amides is 1. The number of hydrogen-bond donors (Lipinski definition) is 2. The molecule has 0 aromatic heterocycles. The van der Waals surface area contributed by atoms with Gasteiger partial charge in [0.25, 0.3) is 5.91 Å². The topological polar surface area (TPSA) is 41.1 Å². The quantitative estimate of drug-likeness (QED) is 0.635. The summed E-state index contributed by atoms with van der Waals surface area (Å²) in [6.45, 7) is 5.02. The Balaban J connectivity index is 0. The molecule has 1 aliphatic rings. The van der Waals surface area contributed by atoms with Crippen molar-refractivity contribution in [3.05, 3.63) is 48.1 Å². The molecular weight excluding hydrogens is 248 g/mol. The third-order valence-corrected chi connectivity index (χ3v) is 3.07. The number of carbonyl (C=O) groups is 1. The van der Waals surface area contributed by atoms with E-state index in [-0.39, 0.29) is 8.76 Å². The lowest BCUT2D eigenvalue weighted by atomic mass is 10.1. The molecule has 0 aromatic rings. The van der Waals surface area contributed by atoms with Crippen LogP contribution < -0.4 is 10.6 Å². The van der Waals surface area contributed by atoms with E-state index in [1.165, 1.54) is 19.3 Å². The van der Waals surface area contributed by atoms with E-state index in [0.717, 1.165) is 26.1 Å². The van der Waals surface area contributed by atoms with Gasteiger partial charge in [0.1, 0.15) is 0 Å². The molecule has 0 aromatic carbocycles. The summed E-state index contributed by atoms with van der Waals surface area (Å²) in [5, 5.41) is 6.29. The molecule has 0 bridgehead atoms. The minimum Gasteiger partial charge on any atom is -0.352 e. The smallest absolute Gasteiger partial charge is 0.251 e. The summed E-state index contributed by atoms with van der Waals surface area (Å²) in [4.78, 5) is 11.9. The standard InChI is InChI=1S/C17H26N2O.2H2/c1-2-18-14-10-6-7-11-15-19-17(20)16-12-8-4-3-5-9-13-16;;/h3-5,8-9,12-13,18H,2,6-7,10-11,14-15H2,1H3,(H,19,20);2*1H/b4-3-,5-3?,8-4?,9-5-,12-8-,13-9?,16-12?,16-13+;;. The summed E-state index contributed by atoms with van der Waals surface area (Å²) >= 11 is 0. The maximum Gasteiger partial charge on any atom is 0.251 e. The normalized spacial score (nSPS) is 21.1. The Morgan fingerprint density at radius 2 is 1.70 bits per heavy atom. The zero-order chi connectivity index (χ0) is 14.5. The lowest BCUT2D eigenvalue weighted by Crippen LogP contribution is -2.25. The summed E-state index contributed by atoms with van der Waals surface area (Å²) in [5.41, 5.74) is 0.706. The zero-order valence-electron chi connectivity index (χ0n) is 12.4. The fraction of sp³-hybridized carbons (Fsp3) is 0.471. The first-order chi connectivity index (χ1) is 9.84. The number of allylic oxidation sites excluding steroid dienone is 6. The molecule has 0 saturated carbocycles. The van der Waals surface area contributed by atoms with E-state index >= 15 is 0 Å². The van der Waals surface area contributed by atoms with Crippen molar-refractivity contribution in [2.45, 2.75) is 32.6 Å². The van der Waals surface area contributed by atoms with Gasteiger partial charge in [0.2, 0.25) is 0 Å². The highest BCUT2D eigenvalue weighted by Gasteiger charge is 2.04. The van der Waals surface area contributed by atoms with Crippen molar-refractivity contribution in [2.75, 3.05) is 19.6 Å². The number of rotatable bonds is 9. The Labute approximate surface area is 125 Å². The SMILES string of the molecule is CCNCCCCCCNC(=O)C1=C/C=C\C=C/C=C\1.[HH].[HH]. The molecule has 0 radical (unpaired) electrons. The molecular formula is C17H30N2O. The number of carbonyl (C=O) groups excluding carboxylic acids is 1. The minimum atomic E-state index is 0. The molecule has 0 aliphatic heterocycles. The molecule has 2 N–H and O–H groups in total. The Hall–Kier alpha value is -1.61. The van der Waals surface area contributed by atoms with Crippen LogP contribution in [0.3, 0.4) is 0 Å². The predicted molar refractivity (Wildman–Crippen MR) is 89.8 cm³/mol. The Kier molecular flexibility index (Phi) is 9.24. The molecule has 0 heterocycles. The van der Waals surface area contributed by atoms with E-state index in [4.69, 9.17) is 0 Å². The van der Waals surface area contributed by atoms with Gasteiger partial charge in [-0.1, -0.05) is 50.1 Å². The van der Waals surface area contributed by atoms with Crippen LogP contribution in [0, 0.1) is 0 Å². The zero-order valence-corrected chi connectivity index (χ0v) is 12.4. The van der Waals surface area contributed by atoms with Crippen molar-refractivity contribution in [2.24, 2.45) is 0 Å². The second kappa shape index (κ2) is 11.2. The lowest BCUT2D eigenvalue weighted by molar-refractivity contribution is -0.117. The van der Waals surface area contributed by atoms with E-state index in [1.807, 2.05) is 42.5 Å². The molecule has 0 atom stereocenters. The van der Waals surface area contributed by atoms with E-state index in [1.54, 1.807) is 0 Å². The van der Waals surface area contributed by atoms with Gasteiger partial charge in [-0.2, -0.15) is 0 Å². The molecule has 0 unspecified atom stereocenters. The van der Waals surface area contributed by atoms with Crippen LogP contribution in [0.2, 0.25) is 0 Å². The summed E-state index contributed by atoms with van der Waals surface area (Å²) in [6.07, 6.45) is 17.9. The van der Waals surface area contributed by atoms with Crippen molar-refractivity contribution < 1.29 is 7.65 Å². The average Bonchev–Trinajstić information content (AvgIpc) is 2.41. The fourth-order valence-electron chi connectivity index (χ4n) is 1.93. The first kappa shape index (κ1) is 16.4. The van der Waals surface area contributed by atoms with E-state index in [0.29, 0.717) is 5.57 Å². The van der Waals surface area contributed by atoms with Crippen molar-refractivity contribution in [3.8, 4) is 0 Å². The summed E-state index contributed by atoms with van der Waals surface area (Å²) in [7, 11) is 0. The van der Waals surface area contributed by atoms with Gasteiger partial charge in [-0.15, -0.1) is 0 Å². The van der Waals surface area contributed by atoms with Gasteiger partial charge in [-0.05, 0) is 38.1 Å². The molecule has 1 aliphatic carbocycles. The van der Waals surface area contributed by atoms with E-state index < -0.39 is 0 Å². The molecule has 3 nitrogen and oxygen atoms in total. The molecule has 0 spiro atoms. The second-order valence-electron chi connectivity index (χ2n) is 4.77. The van der Waals surface area contributed by atoms with Crippen LogP contribution in [0.4, 0.5) is 0 Å². The Morgan fingerprint density at radius 3 is 2.50 bits per heavy atom. The van der Waals surface area contributed by atoms with Crippen LogP contribution in [0.25, 0.3) is 0 Å². The highest BCUT2D eigenvalue weighted by atomic mass is 16.1. The highest BCUT2D eigenvalue weighted by Crippen LogP contribution is 2.03. The first-order valence-corrected chi connectivity index (χ1v) is 7.55. The lowest BCUT2D eigenvalue weighted by Gasteiger charge is -2.06. The van der Waals surface area contributed by atoms with Crippen LogP contribution >= 0.6 is 0 Å². The molecule has 3 heteroatoms. The van der Waals surface area contributed by atoms with Crippen LogP contribution in [0.5, 0.6) is 0 Å².